The Labute approximate surface area is 231 Å². The number of aliphatic hydroxyl groups excluding tert-OH is 2. The first-order valence-corrected chi connectivity index (χ1v) is 15.0. The Bertz CT molecular complexity index is 1340. The Morgan fingerprint density at radius 2 is 1.67 bits per heavy atom. The minimum Gasteiger partial charge on any atom is -0.392 e. The van der Waals surface area contributed by atoms with Gasteiger partial charge < -0.3 is 15.5 Å². The molecule has 0 fully saturated rings. The second kappa shape index (κ2) is 12.9. The first kappa shape index (κ1) is 29.0. The van der Waals surface area contributed by atoms with Crippen molar-refractivity contribution in [3.05, 3.63) is 101 Å². The van der Waals surface area contributed by atoms with Crippen LogP contribution in [0.15, 0.2) is 83.8 Å². The highest BCUT2D eigenvalue weighted by molar-refractivity contribution is 7.89. The van der Waals surface area contributed by atoms with Crippen LogP contribution >= 0.6 is 0 Å². The molecule has 4 N–H and O–H groups in total. The third-order valence-corrected chi connectivity index (χ3v) is 9.07. The number of carbonyl (C=O) groups is 1. The molecule has 0 heterocycles. The predicted molar refractivity (Wildman–Crippen MR) is 152 cm³/mol. The quantitative estimate of drug-likeness (QED) is 0.273. The van der Waals surface area contributed by atoms with E-state index >= 15 is 0 Å². The van der Waals surface area contributed by atoms with E-state index in [2.05, 4.69) is 23.9 Å². The topological polar surface area (TPSA) is 116 Å². The summed E-state index contributed by atoms with van der Waals surface area (Å²) in [6, 6.07) is 23.4. The van der Waals surface area contributed by atoms with Crippen LogP contribution in [0.1, 0.15) is 60.9 Å². The smallest absolute Gasteiger partial charge is 0.240 e. The number of benzene rings is 3. The number of rotatable bonds is 12. The molecule has 1 unspecified atom stereocenters. The highest BCUT2D eigenvalue weighted by Crippen LogP contribution is 2.32. The van der Waals surface area contributed by atoms with Crippen LogP contribution < -0.4 is 10.0 Å². The zero-order valence-corrected chi connectivity index (χ0v) is 23.3. The Hall–Kier alpha value is -3.04. The summed E-state index contributed by atoms with van der Waals surface area (Å²) in [5.74, 6) is -0.577. The van der Waals surface area contributed by atoms with Crippen LogP contribution in [0.5, 0.6) is 0 Å². The summed E-state index contributed by atoms with van der Waals surface area (Å²) >= 11 is 0. The normalized spacial score (nSPS) is 19.2. The second-order valence-electron chi connectivity index (χ2n) is 10.5. The number of hydrogen-bond acceptors (Lipinski definition) is 5. The summed E-state index contributed by atoms with van der Waals surface area (Å²) in [5.41, 5.74) is 3.89. The van der Waals surface area contributed by atoms with Crippen LogP contribution in [-0.4, -0.2) is 43.3 Å². The molecule has 39 heavy (non-hydrogen) atoms. The lowest BCUT2D eigenvalue weighted by molar-refractivity contribution is -0.127. The third kappa shape index (κ3) is 7.33. The van der Waals surface area contributed by atoms with Crippen LogP contribution in [0.2, 0.25) is 0 Å². The Morgan fingerprint density at radius 3 is 2.36 bits per heavy atom. The van der Waals surface area contributed by atoms with Crippen LogP contribution in [0.4, 0.5) is 0 Å². The van der Waals surface area contributed by atoms with Crippen molar-refractivity contribution in [3.63, 3.8) is 0 Å². The monoisotopic (exact) mass is 550 g/mol. The van der Waals surface area contributed by atoms with Gasteiger partial charge in [-0.2, -0.15) is 0 Å². The van der Waals surface area contributed by atoms with Gasteiger partial charge in [0.25, 0.3) is 0 Å². The van der Waals surface area contributed by atoms with E-state index in [1.807, 2.05) is 66.7 Å². The summed E-state index contributed by atoms with van der Waals surface area (Å²) in [4.78, 5) is 13.6. The van der Waals surface area contributed by atoms with E-state index in [4.69, 9.17) is 0 Å². The van der Waals surface area contributed by atoms with Gasteiger partial charge in [-0.25, -0.2) is 13.1 Å². The van der Waals surface area contributed by atoms with Crippen molar-refractivity contribution in [1.82, 2.24) is 10.0 Å². The number of amides is 1. The lowest BCUT2D eigenvalue weighted by Crippen LogP contribution is -2.41. The van der Waals surface area contributed by atoms with Crippen LogP contribution in [0.3, 0.4) is 0 Å². The van der Waals surface area contributed by atoms with Crippen molar-refractivity contribution in [1.29, 1.82) is 0 Å². The molecule has 208 valence electrons. The fourth-order valence-corrected chi connectivity index (χ4v) is 6.19. The van der Waals surface area contributed by atoms with Crippen molar-refractivity contribution in [3.8, 4) is 0 Å². The molecule has 0 saturated carbocycles. The Kier molecular flexibility index (Phi) is 9.56. The molecule has 0 aromatic heterocycles. The van der Waals surface area contributed by atoms with Crippen molar-refractivity contribution in [2.75, 3.05) is 6.54 Å². The molecule has 3 aromatic rings. The van der Waals surface area contributed by atoms with Gasteiger partial charge in [0, 0.05) is 18.9 Å². The number of carbonyl (C=O) groups excluding carboxylic acids is 1. The number of fused-ring (bicyclic) bond motifs is 1. The number of nitrogens with one attached hydrogen (secondary N) is 2. The highest BCUT2D eigenvalue weighted by atomic mass is 32.2. The number of aliphatic hydroxyl groups is 2. The van der Waals surface area contributed by atoms with E-state index in [1.165, 1.54) is 0 Å². The largest absolute Gasteiger partial charge is 0.392 e. The van der Waals surface area contributed by atoms with Crippen molar-refractivity contribution >= 4 is 15.9 Å². The maximum Gasteiger partial charge on any atom is 0.240 e. The van der Waals surface area contributed by atoms with Gasteiger partial charge >= 0.3 is 0 Å². The number of hydrogen-bond donors (Lipinski definition) is 4. The highest BCUT2D eigenvalue weighted by Gasteiger charge is 2.34. The molecule has 7 nitrogen and oxygen atoms in total. The minimum absolute atomic E-state index is 0.0562. The van der Waals surface area contributed by atoms with Gasteiger partial charge in [-0.15, -0.1) is 0 Å². The fraction of sp³-hybridized carbons (Fsp3) is 0.387. The molecular formula is C31H38N2O5S. The summed E-state index contributed by atoms with van der Waals surface area (Å²) in [5, 5.41) is 24.4. The zero-order valence-electron chi connectivity index (χ0n) is 22.5. The molecule has 0 aliphatic heterocycles. The molecular weight excluding hydrogens is 512 g/mol. The van der Waals surface area contributed by atoms with Gasteiger partial charge in [-0.3, -0.25) is 4.79 Å². The van der Waals surface area contributed by atoms with E-state index in [1.54, 1.807) is 12.1 Å². The molecule has 8 heteroatoms. The zero-order chi connectivity index (χ0) is 28.0. The van der Waals surface area contributed by atoms with Crippen molar-refractivity contribution in [2.45, 2.75) is 68.6 Å². The van der Waals surface area contributed by atoms with E-state index in [-0.39, 0.29) is 23.8 Å². The maximum absolute atomic E-state index is 13.5. The molecule has 0 bridgehead atoms. The summed E-state index contributed by atoms with van der Waals surface area (Å²) in [6.45, 7) is 3.95. The standard InChI is InChI=1S/C31H38N2O5S/c1-3-21(2)23-13-15-27(16-14-23)39(37,38)32-20-26(34)18-25(17-22-9-5-4-6-10-22)31(36)33-30-28-12-8-7-11-24(28)19-29(30)35/h4-16,21,25-26,29-30,32,34-35H,3,17-20H2,1-2H3,(H,33,36)/t21?,25-,26+,29-,30+/m1/s1. The van der Waals surface area contributed by atoms with Gasteiger partial charge in [-0.05, 0) is 59.6 Å². The molecule has 0 saturated heterocycles. The number of sulfonamides is 1. The summed E-state index contributed by atoms with van der Waals surface area (Å²) < 4.78 is 28.2. The molecule has 0 spiro atoms. The predicted octanol–water partition coefficient (Wildman–Crippen LogP) is 3.86. The van der Waals surface area contributed by atoms with Gasteiger partial charge in [0.1, 0.15) is 0 Å². The SMILES string of the molecule is CCC(C)c1ccc(S(=O)(=O)NC[C@@H](O)C[C@@H](Cc2ccccc2)C(=O)N[C@H]2c3ccccc3C[C@H]2O)cc1. The molecule has 3 aromatic carbocycles. The molecule has 4 rings (SSSR count). The van der Waals surface area contributed by atoms with E-state index in [0.717, 1.165) is 28.7 Å². The van der Waals surface area contributed by atoms with Crippen LogP contribution in [0.25, 0.3) is 0 Å². The van der Waals surface area contributed by atoms with Crippen LogP contribution in [0, 0.1) is 5.92 Å². The Morgan fingerprint density at radius 1 is 1.00 bits per heavy atom. The molecule has 5 atom stereocenters. The van der Waals surface area contributed by atoms with Crippen molar-refractivity contribution in [2.24, 2.45) is 5.92 Å². The average Bonchev–Trinajstić information content (AvgIpc) is 3.26. The van der Waals surface area contributed by atoms with Gasteiger partial charge in [-0.1, -0.05) is 80.6 Å². The minimum atomic E-state index is -3.82. The lowest BCUT2D eigenvalue weighted by Gasteiger charge is -2.24. The first-order chi connectivity index (χ1) is 18.7. The van der Waals surface area contributed by atoms with Crippen molar-refractivity contribution < 1.29 is 23.4 Å². The van der Waals surface area contributed by atoms with Crippen LogP contribution in [-0.2, 0) is 27.7 Å². The Balaban J connectivity index is 1.42. The summed E-state index contributed by atoms with van der Waals surface area (Å²) in [6.07, 6.45) is 0.0402. The molecule has 1 amide bonds. The maximum atomic E-state index is 13.5. The third-order valence-electron chi connectivity index (χ3n) is 7.63. The molecule has 1 aliphatic rings. The van der Waals surface area contributed by atoms with Gasteiger partial charge in [0.15, 0.2) is 0 Å². The second-order valence-corrected chi connectivity index (χ2v) is 12.2. The van der Waals surface area contributed by atoms with Gasteiger partial charge in [0.2, 0.25) is 15.9 Å². The molecule has 0 radical (unpaired) electrons. The average molecular weight is 551 g/mol. The van der Waals surface area contributed by atoms with E-state index < -0.39 is 34.2 Å². The van der Waals surface area contributed by atoms with E-state index in [9.17, 15) is 23.4 Å². The summed E-state index contributed by atoms with van der Waals surface area (Å²) in [7, 11) is -3.82. The molecule has 1 aliphatic carbocycles. The van der Waals surface area contributed by atoms with E-state index in [0.29, 0.717) is 18.8 Å². The van der Waals surface area contributed by atoms with Gasteiger partial charge in [0.05, 0.1) is 23.1 Å². The first-order valence-electron chi connectivity index (χ1n) is 13.6. The fourth-order valence-electron chi connectivity index (χ4n) is 5.11. The lowest BCUT2D eigenvalue weighted by atomic mass is 9.92.